The van der Waals surface area contributed by atoms with E-state index in [1.165, 1.54) is 36.1 Å². The molecule has 126 valence electrons. The molecule has 1 N–H and O–H groups in total. The standard InChI is InChI=1S/C20H22FNO2/c1-14(15-6-9-18(21)10-7-15)22-20(23)13-24-19-11-8-16-4-2-3-5-17(16)12-19/h6-12,14H,2-5,13H2,1H3,(H,22,23)/t14-/m0/s1. The van der Waals surface area contributed by atoms with Crippen LogP contribution in [-0.4, -0.2) is 12.5 Å². The normalized spacial score (nSPS) is 14.6. The van der Waals surface area contributed by atoms with Crippen LogP contribution >= 0.6 is 0 Å². The zero-order valence-corrected chi connectivity index (χ0v) is 13.8. The van der Waals surface area contributed by atoms with Crippen LogP contribution in [0.15, 0.2) is 42.5 Å². The number of hydrogen-bond acceptors (Lipinski definition) is 2. The zero-order chi connectivity index (χ0) is 16.9. The monoisotopic (exact) mass is 327 g/mol. The Bertz CT molecular complexity index is 712. The highest BCUT2D eigenvalue weighted by atomic mass is 19.1. The maximum Gasteiger partial charge on any atom is 0.258 e. The third kappa shape index (κ3) is 4.13. The first kappa shape index (κ1) is 16.5. The molecule has 1 atom stereocenters. The van der Waals surface area contributed by atoms with E-state index in [0.29, 0.717) is 0 Å². The number of ether oxygens (including phenoxy) is 1. The highest BCUT2D eigenvalue weighted by Gasteiger charge is 2.12. The number of hydrogen-bond donors (Lipinski definition) is 1. The lowest BCUT2D eigenvalue weighted by atomic mass is 9.92. The first-order valence-corrected chi connectivity index (χ1v) is 8.41. The van der Waals surface area contributed by atoms with E-state index in [2.05, 4.69) is 11.4 Å². The summed E-state index contributed by atoms with van der Waals surface area (Å²) in [6.07, 6.45) is 4.68. The van der Waals surface area contributed by atoms with Crippen molar-refractivity contribution in [3.05, 3.63) is 65.0 Å². The summed E-state index contributed by atoms with van der Waals surface area (Å²) >= 11 is 0. The van der Waals surface area contributed by atoms with Crippen molar-refractivity contribution in [3.63, 3.8) is 0 Å². The van der Waals surface area contributed by atoms with E-state index in [0.717, 1.165) is 24.2 Å². The van der Waals surface area contributed by atoms with E-state index in [9.17, 15) is 9.18 Å². The third-order valence-corrected chi connectivity index (χ3v) is 4.44. The van der Waals surface area contributed by atoms with Crippen molar-refractivity contribution < 1.29 is 13.9 Å². The van der Waals surface area contributed by atoms with Crippen LogP contribution in [0.2, 0.25) is 0 Å². The van der Waals surface area contributed by atoms with Gasteiger partial charge in [0.05, 0.1) is 6.04 Å². The molecule has 24 heavy (non-hydrogen) atoms. The summed E-state index contributed by atoms with van der Waals surface area (Å²) in [5, 5.41) is 2.86. The predicted molar refractivity (Wildman–Crippen MR) is 91.5 cm³/mol. The van der Waals surface area contributed by atoms with Gasteiger partial charge in [0.25, 0.3) is 5.91 Å². The minimum atomic E-state index is -0.284. The molecule has 0 unspecified atom stereocenters. The van der Waals surface area contributed by atoms with Gasteiger partial charge >= 0.3 is 0 Å². The van der Waals surface area contributed by atoms with Crippen LogP contribution < -0.4 is 10.1 Å². The molecule has 0 fully saturated rings. The lowest BCUT2D eigenvalue weighted by molar-refractivity contribution is -0.123. The average Bonchev–Trinajstić information content (AvgIpc) is 2.60. The summed E-state index contributed by atoms with van der Waals surface area (Å²) in [6, 6.07) is 12.0. The zero-order valence-electron chi connectivity index (χ0n) is 13.8. The quantitative estimate of drug-likeness (QED) is 0.903. The lowest BCUT2D eigenvalue weighted by Crippen LogP contribution is -2.31. The summed E-state index contributed by atoms with van der Waals surface area (Å²) in [5.74, 6) is 0.262. The minimum Gasteiger partial charge on any atom is -0.484 e. The number of nitrogens with one attached hydrogen (secondary N) is 1. The maximum atomic E-state index is 12.9. The SMILES string of the molecule is C[C@H](NC(=O)COc1ccc2c(c1)CCCC2)c1ccc(F)cc1. The molecular formula is C20H22FNO2. The Kier molecular flexibility index (Phi) is 5.14. The first-order valence-electron chi connectivity index (χ1n) is 8.41. The molecule has 0 bridgehead atoms. The van der Waals surface area contributed by atoms with Crippen LogP contribution in [0, 0.1) is 5.82 Å². The lowest BCUT2D eigenvalue weighted by Gasteiger charge is -2.17. The second-order valence-corrected chi connectivity index (χ2v) is 6.27. The number of amides is 1. The minimum absolute atomic E-state index is 0.0235. The third-order valence-electron chi connectivity index (χ3n) is 4.44. The number of carbonyl (C=O) groups excluding carboxylic acids is 1. The molecule has 1 aliphatic rings. The molecule has 3 nitrogen and oxygen atoms in total. The molecule has 4 heteroatoms. The van der Waals surface area contributed by atoms with Gasteiger partial charge in [0.15, 0.2) is 6.61 Å². The molecule has 2 aromatic carbocycles. The molecule has 1 amide bonds. The van der Waals surface area contributed by atoms with Crippen LogP contribution in [-0.2, 0) is 17.6 Å². The van der Waals surface area contributed by atoms with Crippen LogP contribution in [0.1, 0.15) is 42.5 Å². The number of fused-ring (bicyclic) bond motifs is 1. The van der Waals surface area contributed by atoms with Gasteiger partial charge in [-0.25, -0.2) is 4.39 Å². The van der Waals surface area contributed by atoms with Gasteiger partial charge in [-0.2, -0.15) is 0 Å². The summed E-state index contributed by atoms with van der Waals surface area (Å²) in [7, 11) is 0. The Balaban J connectivity index is 1.52. The highest BCUT2D eigenvalue weighted by molar-refractivity contribution is 5.78. The van der Waals surface area contributed by atoms with E-state index in [1.54, 1.807) is 12.1 Å². The van der Waals surface area contributed by atoms with E-state index < -0.39 is 0 Å². The molecule has 0 spiro atoms. The smallest absolute Gasteiger partial charge is 0.258 e. The summed E-state index contributed by atoms with van der Waals surface area (Å²) in [4.78, 5) is 12.0. The maximum absolute atomic E-state index is 12.9. The molecule has 0 radical (unpaired) electrons. The van der Waals surface area contributed by atoms with Crippen molar-refractivity contribution in [2.75, 3.05) is 6.61 Å². The second kappa shape index (κ2) is 7.47. The summed E-state index contributed by atoms with van der Waals surface area (Å²) in [5.41, 5.74) is 3.58. The molecular weight excluding hydrogens is 305 g/mol. The van der Waals surface area contributed by atoms with E-state index in [1.807, 2.05) is 19.1 Å². The van der Waals surface area contributed by atoms with Crippen LogP contribution in [0.4, 0.5) is 4.39 Å². The van der Waals surface area contributed by atoms with E-state index >= 15 is 0 Å². The Hall–Kier alpha value is -2.36. The van der Waals surface area contributed by atoms with Crippen molar-refractivity contribution in [2.45, 2.75) is 38.6 Å². The number of rotatable bonds is 5. The fraction of sp³-hybridized carbons (Fsp3) is 0.350. The van der Waals surface area contributed by atoms with Gasteiger partial charge < -0.3 is 10.1 Å². The fourth-order valence-corrected chi connectivity index (χ4v) is 3.07. The average molecular weight is 327 g/mol. The summed E-state index contributed by atoms with van der Waals surface area (Å²) in [6.45, 7) is 1.84. The second-order valence-electron chi connectivity index (χ2n) is 6.27. The van der Waals surface area contributed by atoms with Crippen molar-refractivity contribution in [2.24, 2.45) is 0 Å². The number of benzene rings is 2. The Labute approximate surface area is 141 Å². The molecule has 0 saturated carbocycles. The van der Waals surface area contributed by atoms with Gasteiger partial charge in [0.1, 0.15) is 11.6 Å². The molecule has 2 aromatic rings. The Morgan fingerprint density at radius 2 is 1.83 bits per heavy atom. The molecule has 3 rings (SSSR count). The largest absolute Gasteiger partial charge is 0.484 e. The summed E-state index contributed by atoms with van der Waals surface area (Å²) < 4.78 is 18.6. The first-order chi connectivity index (χ1) is 11.6. The van der Waals surface area contributed by atoms with Gasteiger partial charge in [-0.15, -0.1) is 0 Å². The van der Waals surface area contributed by atoms with Crippen molar-refractivity contribution >= 4 is 5.91 Å². The topological polar surface area (TPSA) is 38.3 Å². The van der Waals surface area contributed by atoms with Gasteiger partial charge in [-0.3, -0.25) is 4.79 Å². The van der Waals surface area contributed by atoms with Gasteiger partial charge in [0.2, 0.25) is 0 Å². The van der Waals surface area contributed by atoms with Gasteiger partial charge in [-0.1, -0.05) is 18.2 Å². The molecule has 0 heterocycles. The van der Waals surface area contributed by atoms with E-state index in [-0.39, 0.29) is 24.4 Å². The number of aryl methyl sites for hydroxylation is 2. The molecule has 0 saturated heterocycles. The highest BCUT2D eigenvalue weighted by Crippen LogP contribution is 2.25. The van der Waals surface area contributed by atoms with Crippen LogP contribution in [0.5, 0.6) is 5.75 Å². The van der Waals surface area contributed by atoms with Crippen LogP contribution in [0.25, 0.3) is 0 Å². The van der Waals surface area contributed by atoms with Crippen molar-refractivity contribution in [3.8, 4) is 5.75 Å². The number of halogens is 1. The van der Waals surface area contributed by atoms with Gasteiger partial charge in [0, 0.05) is 0 Å². The molecule has 0 aliphatic heterocycles. The molecule has 0 aromatic heterocycles. The molecule has 1 aliphatic carbocycles. The van der Waals surface area contributed by atoms with Crippen molar-refractivity contribution in [1.29, 1.82) is 0 Å². The van der Waals surface area contributed by atoms with Gasteiger partial charge in [-0.05, 0) is 73.6 Å². The van der Waals surface area contributed by atoms with E-state index in [4.69, 9.17) is 4.74 Å². The number of carbonyl (C=O) groups is 1. The fourth-order valence-electron chi connectivity index (χ4n) is 3.07. The predicted octanol–water partition coefficient (Wildman–Crippen LogP) is 3.96. The Morgan fingerprint density at radius 1 is 1.12 bits per heavy atom. The Morgan fingerprint density at radius 3 is 2.58 bits per heavy atom. The van der Waals surface area contributed by atoms with Crippen LogP contribution in [0.3, 0.4) is 0 Å². The van der Waals surface area contributed by atoms with Crippen molar-refractivity contribution in [1.82, 2.24) is 5.32 Å².